The van der Waals surface area contributed by atoms with Crippen LogP contribution in [0.4, 0.5) is 0 Å². The molecule has 0 unspecified atom stereocenters. The van der Waals surface area contributed by atoms with E-state index >= 15 is 0 Å². The molecule has 1 fully saturated rings. The highest BCUT2D eigenvalue weighted by molar-refractivity contribution is 7.89. The normalized spacial score (nSPS) is 15.6. The van der Waals surface area contributed by atoms with Crippen molar-refractivity contribution in [1.29, 1.82) is 0 Å². The fourth-order valence-corrected chi connectivity index (χ4v) is 3.64. The highest BCUT2D eigenvalue weighted by Crippen LogP contribution is 2.23. The number of nitrogens with one attached hydrogen (secondary N) is 2. The van der Waals surface area contributed by atoms with Crippen LogP contribution in [0.3, 0.4) is 0 Å². The lowest BCUT2D eigenvalue weighted by atomic mass is 10.1. The van der Waals surface area contributed by atoms with Gasteiger partial charge in [0.15, 0.2) is 0 Å². The van der Waals surface area contributed by atoms with Crippen LogP contribution >= 0.6 is 0 Å². The summed E-state index contributed by atoms with van der Waals surface area (Å²) in [6, 6.07) is 4.49. The first kappa shape index (κ1) is 15.5. The summed E-state index contributed by atoms with van der Waals surface area (Å²) in [5.41, 5.74) is 2.90. The molecule has 1 saturated carbocycles. The van der Waals surface area contributed by atoms with Gasteiger partial charge in [0.1, 0.15) is 0 Å². The SMILES string of the molecule is CCCNS(=O)(=O)c1cc(CNC2CC2)cc(C)c1C. The predicted molar refractivity (Wildman–Crippen MR) is 81.3 cm³/mol. The summed E-state index contributed by atoms with van der Waals surface area (Å²) in [4.78, 5) is 0.415. The van der Waals surface area contributed by atoms with E-state index in [9.17, 15) is 8.42 Å². The molecule has 1 aromatic rings. The lowest BCUT2D eigenvalue weighted by Gasteiger charge is -2.14. The minimum absolute atomic E-state index is 0.415. The van der Waals surface area contributed by atoms with Gasteiger partial charge in [0.25, 0.3) is 0 Å². The second-order valence-electron chi connectivity index (χ2n) is 5.59. The van der Waals surface area contributed by atoms with Gasteiger partial charge >= 0.3 is 0 Å². The molecule has 4 nitrogen and oxygen atoms in total. The Bertz CT molecular complexity index is 578. The van der Waals surface area contributed by atoms with Crippen LogP contribution in [-0.4, -0.2) is 21.0 Å². The summed E-state index contributed by atoms with van der Waals surface area (Å²) in [7, 11) is -3.40. The van der Waals surface area contributed by atoms with Crippen LogP contribution in [0.25, 0.3) is 0 Å². The molecule has 0 radical (unpaired) electrons. The van der Waals surface area contributed by atoms with Gasteiger partial charge in [-0.15, -0.1) is 0 Å². The third kappa shape index (κ3) is 3.81. The highest BCUT2D eigenvalue weighted by Gasteiger charge is 2.21. The summed E-state index contributed by atoms with van der Waals surface area (Å²) >= 11 is 0. The van der Waals surface area contributed by atoms with Gasteiger partial charge in [-0.3, -0.25) is 0 Å². The van der Waals surface area contributed by atoms with Crippen molar-refractivity contribution in [2.24, 2.45) is 0 Å². The Morgan fingerprint density at radius 1 is 1.25 bits per heavy atom. The summed E-state index contributed by atoms with van der Waals surface area (Å²) in [6.45, 7) is 7.01. The average molecular weight is 296 g/mol. The predicted octanol–water partition coefficient (Wildman–Crippen LogP) is 2.24. The van der Waals surface area contributed by atoms with Crippen LogP contribution in [0, 0.1) is 13.8 Å². The number of aryl methyl sites for hydroxylation is 1. The van der Waals surface area contributed by atoms with E-state index in [2.05, 4.69) is 16.1 Å². The van der Waals surface area contributed by atoms with E-state index in [-0.39, 0.29) is 0 Å². The van der Waals surface area contributed by atoms with Gasteiger partial charge in [-0.05, 0) is 55.9 Å². The zero-order chi connectivity index (χ0) is 14.8. The molecule has 112 valence electrons. The zero-order valence-electron chi connectivity index (χ0n) is 12.5. The first-order valence-electron chi connectivity index (χ1n) is 7.27. The molecule has 2 N–H and O–H groups in total. The second-order valence-corrected chi connectivity index (χ2v) is 7.32. The Morgan fingerprint density at radius 2 is 1.95 bits per heavy atom. The molecule has 0 bridgehead atoms. The van der Waals surface area contributed by atoms with Crippen LogP contribution in [0.15, 0.2) is 17.0 Å². The molecule has 0 heterocycles. The number of hydrogen-bond acceptors (Lipinski definition) is 3. The molecular weight excluding hydrogens is 272 g/mol. The van der Waals surface area contributed by atoms with Crippen molar-refractivity contribution in [3.63, 3.8) is 0 Å². The van der Waals surface area contributed by atoms with Crippen LogP contribution in [0.2, 0.25) is 0 Å². The molecule has 0 atom stereocenters. The molecule has 0 saturated heterocycles. The van der Waals surface area contributed by atoms with Crippen molar-refractivity contribution in [1.82, 2.24) is 10.0 Å². The molecule has 0 amide bonds. The van der Waals surface area contributed by atoms with Gasteiger partial charge in [-0.1, -0.05) is 13.0 Å². The molecule has 1 aliphatic rings. The van der Waals surface area contributed by atoms with E-state index in [0.29, 0.717) is 17.5 Å². The number of rotatable bonds is 7. The van der Waals surface area contributed by atoms with E-state index in [1.54, 1.807) is 6.07 Å². The molecule has 1 aromatic carbocycles. The molecule has 0 spiro atoms. The van der Waals surface area contributed by atoms with Crippen LogP contribution < -0.4 is 10.0 Å². The van der Waals surface area contributed by atoms with Crippen molar-refractivity contribution in [2.75, 3.05) is 6.54 Å². The lowest BCUT2D eigenvalue weighted by Crippen LogP contribution is -2.26. The lowest BCUT2D eigenvalue weighted by molar-refractivity contribution is 0.579. The summed E-state index contributed by atoms with van der Waals surface area (Å²) in [5.74, 6) is 0. The van der Waals surface area contributed by atoms with Crippen LogP contribution in [0.5, 0.6) is 0 Å². The Hall–Kier alpha value is -0.910. The molecule has 0 aromatic heterocycles. The fourth-order valence-electron chi connectivity index (χ4n) is 2.14. The van der Waals surface area contributed by atoms with Crippen molar-refractivity contribution in [3.05, 3.63) is 28.8 Å². The maximum absolute atomic E-state index is 12.3. The first-order chi connectivity index (χ1) is 9.44. The monoisotopic (exact) mass is 296 g/mol. The number of sulfonamides is 1. The van der Waals surface area contributed by atoms with E-state index in [1.807, 2.05) is 20.8 Å². The maximum atomic E-state index is 12.3. The van der Waals surface area contributed by atoms with E-state index < -0.39 is 10.0 Å². The fraction of sp³-hybridized carbons (Fsp3) is 0.600. The molecular formula is C15H24N2O2S. The van der Waals surface area contributed by atoms with Crippen molar-refractivity contribution in [3.8, 4) is 0 Å². The Labute approximate surface area is 122 Å². The maximum Gasteiger partial charge on any atom is 0.240 e. The largest absolute Gasteiger partial charge is 0.310 e. The number of hydrogen-bond donors (Lipinski definition) is 2. The summed E-state index contributed by atoms with van der Waals surface area (Å²) in [6.07, 6.45) is 3.25. The minimum atomic E-state index is -3.40. The van der Waals surface area contributed by atoms with Gasteiger partial charge in [0.05, 0.1) is 4.90 Å². The van der Waals surface area contributed by atoms with E-state index in [0.717, 1.165) is 29.7 Å². The summed E-state index contributed by atoms with van der Waals surface area (Å²) < 4.78 is 27.3. The van der Waals surface area contributed by atoms with Crippen molar-refractivity contribution in [2.45, 2.75) is 57.5 Å². The Morgan fingerprint density at radius 3 is 2.55 bits per heavy atom. The molecule has 0 aliphatic heterocycles. The van der Waals surface area contributed by atoms with Gasteiger partial charge < -0.3 is 5.32 Å². The van der Waals surface area contributed by atoms with Gasteiger partial charge in [-0.25, -0.2) is 13.1 Å². The van der Waals surface area contributed by atoms with Gasteiger partial charge in [-0.2, -0.15) is 0 Å². The zero-order valence-corrected chi connectivity index (χ0v) is 13.3. The van der Waals surface area contributed by atoms with Crippen molar-refractivity contribution < 1.29 is 8.42 Å². The Kier molecular flexibility index (Phi) is 4.83. The Balaban J connectivity index is 2.25. The average Bonchev–Trinajstić information content (AvgIpc) is 3.21. The molecule has 20 heavy (non-hydrogen) atoms. The molecule has 5 heteroatoms. The van der Waals surface area contributed by atoms with Crippen molar-refractivity contribution >= 4 is 10.0 Å². The van der Waals surface area contributed by atoms with Gasteiger partial charge in [0, 0.05) is 19.1 Å². The van der Waals surface area contributed by atoms with E-state index in [4.69, 9.17) is 0 Å². The minimum Gasteiger partial charge on any atom is -0.310 e. The van der Waals surface area contributed by atoms with Gasteiger partial charge in [0.2, 0.25) is 10.0 Å². The quantitative estimate of drug-likeness (QED) is 0.811. The topological polar surface area (TPSA) is 58.2 Å². The smallest absolute Gasteiger partial charge is 0.240 e. The van der Waals surface area contributed by atoms with E-state index in [1.165, 1.54) is 12.8 Å². The molecule has 1 aliphatic carbocycles. The molecule has 2 rings (SSSR count). The second kappa shape index (κ2) is 6.24. The van der Waals surface area contributed by atoms with Crippen LogP contribution in [0.1, 0.15) is 42.9 Å². The summed E-state index contributed by atoms with van der Waals surface area (Å²) in [5, 5.41) is 3.43. The third-order valence-corrected chi connectivity index (χ3v) is 5.27. The third-order valence-electron chi connectivity index (χ3n) is 3.68. The van der Waals surface area contributed by atoms with Crippen LogP contribution in [-0.2, 0) is 16.6 Å². The standard InChI is InChI=1S/C15H24N2O2S/c1-4-7-17-20(18,19)15-9-13(8-11(2)12(15)3)10-16-14-5-6-14/h8-9,14,16-17H,4-7,10H2,1-3H3. The number of benzene rings is 1. The first-order valence-corrected chi connectivity index (χ1v) is 8.75. The highest BCUT2D eigenvalue weighted by atomic mass is 32.2.